The molecule has 1 atom stereocenters. The van der Waals surface area contributed by atoms with Crippen LogP contribution >= 0.6 is 0 Å². The monoisotopic (exact) mass is 267 g/mol. The van der Waals surface area contributed by atoms with Crippen molar-refractivity contribution in [2.24, 2.45) is 0 Å². The van der Waals surface area contributed by atoms with Gasteiger partial charge in [0.15, 0.2) is 0 Å². The van der Waals surface area contributed by atoms with E-state index >= 15 is 0 Å². The predicted octanol–water partition coefficient (Wildman–Crippen LogP) is 2.78. The quantitative estimate of drug-likeness (QED) is 0.891. The zero-order chi connectivity index (χ0) is 13.0. The summed E-state index contributed by atoms with van der Waals surface area (Å²) in [5.41, 5.74) is 2.44. The van der Waals surface area contributed by atoms with Gasteiger partial charge in [-0.15, -0.1) is 0 Å². The molecular weight excluding hydrogens is 246 g/mol. The summed E-state index contributed by atoms with van der Waals surface area (Å²) < 4.78 is 26.8. The van der Waals surface area contributed by atoms with Crippen molar-refractivity contribution in [1.29, 1.82) is 0 Å². The third-order valence-electron chi connectivity index (χ3n) is 3.46. The molecule has 0 radical (unpaired) electrons. The third kappa shape index (κ3) is 3.33. The number of benzene rings is 1. The van der Waals surface area contributed by atoms with E-state index in [1.54, 1.807) is 0 Å². The Labute approximate surface area is 110 Å². The number of hydrogen-bond donors (Lipinski definition) is 1. The van der Waals surface area contributed by atoms with Crippen LogP contribution in [0.5, 0.6) is 0 Å². The van der Waals surface area contributed by atoms with Gasteiger partial charge in [0.25, 0.3) is 0 Å². The van der Waals surface area contributed by atoms with Crippen LogP contribution in [0.2, 0.25) is 0 Å². The number of unbranched alkanes of at least 4 members (excludes halogenated alkanes) is 1. The highest BCUT2D eigenvalue weighted by atomic mass is 32.2. The lowest BCUT2D eigenvalue weighted by molar-refractivity contribution is 0.506. The van der Waals surface area contributed by atoms with Gasteiger partial charge in [0.1, 0.15) is 0 Å². The molecule has 1 aliphatic rings. The summed E-state index contributed by atoms with van der Waals surface area (Å²) in [6.45, 7) is 2.01. The highest BCUT2D eigenvalue weighted by molar-refractivity contribution is 7.89. The first-order valence-electron chi connectivity index (χ1n) is 6.70. The SMILES string of the molecule is CCCCS(=O)(=O)N[C@H]1CCCc2ccccc21. The molecule has 18 heavy (non-hydrogen) atoms. The molecule has 1 aliphatic carbocycles. The first kappa shape index (κ1) is 13.6. The number of rotatable bonds is 5. The second-order valence-corrected chi connectivity index (χ2v) is 6.81. The number of fused-ring (bicyclic) bond motifs is 1. The molecule has 1 N–H and O–H groups in total. The van der Waals surface area contributed by atoms with Crippen molar-refractivity contribution in [2.75, 3.05) is 5.75 Å². The van der Waals surface area contributed by atoms with Gasteiger partial charge in [-0.3, -0.25) is 0 Å². The minimum atomic E-state index is -3.14. The first-order chi connectivity index (χ1) is 8.62. The van der Waals surface area contributed by atoms with Crippen molar-refractivity contribution in [1.82, 2.24) is 4.72 Å². The number of hydrogen-bond acceptors (Lipinski definition) is 2. The van der Waals surface area contributed by atoms with Crippen LogP contribution in [0.3, 0.4) is 0 Å². The van der Waals surface area contributed by atoms with Crippen molar-refractivity contribution < 1.29 is 8.42 Å². The number of nitrogens with one attached hydrogen (secondary N) is 1. The minimum absolute atomic E-state index is 0.0307. The summed E-state index contributed by atoms with van der Waals surface area (Å²) in [6.07, 6.45) is 4.65. The summed E-state index contributed by atoms with van der Waals surface area (Å²) in [6, 6.07) is 8.12. The van der Waals surface area contributed by atoms with Crippen LogP contribution < -0.4 is 4.72 Å². The topological polar surface area (TPSA) is 46.2 Å². The summed E-state index contributed by atoms with van der Waals surface area (Å²) in [7, 11) is -3.14. The molecule has 0 spiro atoms. The van der Waals surface area contributed by atoms with Gasteiger partial charge in [0.05, 0.1) is 5.75 Å². The molecule has 1 aromatic rings. The van der Waals surface area contributed by atoms with E-state index in [0.717, 1.165) is 37.7 Å². The maximum Gasteiger partial charge on any atom is 0.212 e. The van der Waals surface area contributed by atoms with Crippen molar-refractivity contribution >= 4 is 10.0 Å². The highest BCUT2D eigenvalue weighted by Crippen LogP contribution is 2.29. The standard InChI is InChI=1S/C14H21NO2S/c1-2-3-11-18(16,17)15-14-10-6-8-12-7-4-5-9-13(12)14/h4-5,7,9,14-15H,2-3,6,8,10-11H2,1H3/t14-/m0/s1. The molecule has 0 bridgehead atoms. The van der Waals surface area contributed by atoms with Crippen molar-refractivity contribution in [3.63, 3.8) is 0 Å². The lowest BCUT2D eigenvalue weighted by Crippen LogP contribution is -2.32. The van der Waals surface area contributed by atoms with E-state index in [0.29, 0.717) is 0 Å². The Morgan fingerprint density at radius 1 is 1.33 bits per heavy atom. The third-order valence-corrected chi connectivity index (χ3v) is 4.93. The average Bonchev–Trinajstić information content (AvgIpc) is 2.37. The Morgan fingerprint density at radius 2 is 2.11 bits per heavy atom. The zero-order valence-electron chi connectivity index (χ0n) is 10.9. The molecule has 0 aliphatic heterocycles. The molecule has 4 heteroatoms. The van der Waals surface area contributed by atoms with Crippen LogP contribution in [-0.2, 0) is 16.4 Å². The van der Waals surface area contributed by atoms with Crippen LogP contribution in [0.15, 0.2) is 24.3 Å². The molecule has 1 aromatic carbocycles. The molecule has 0 unspecified atom stereocenters. The molecule has 0 heterocycles. The predicted molar refractivity (Wildman–Crippen MR) is 74.0 cm³/mol. The van der Waals surface area contributed by atoms with Gasteiger partial charge in [-0.05, 0) is 36.8 Å². The van der Waals surface area contributed by atoms with Gasteiger partial charge in [0, 0.05) is 6.04 Å². The second kappa shape index (κ2) is 5.85. The highest BCUT2D eigenvalue weighted by Gasteiger charge is 2.23. The molecule has 0 fully saturated rings. The van der Waals surface area contributed by atoms with Crippen LogP contribution in [0.1, 0.15) is 49.8 Å². The van der Waals surface area contributed by atoms with E-state index in [-0.39, 0.29) is 11.8 Å². The zero-order valence-corrected chi connectivity index (χ0v) is 11.7. The summed E-state index contributed by atoms with van der Waals surface area (Å²) in [4.78, 5) is 0. The van der Waals surface area contributed by atoms with Crippen molar-refractivity contribution in [3.8, 4) is 0 Å². The summed E-state index contributed by atoms with van der Waals surface area (Å²) in [5, 5.41) is 0. The average molecular weight is 267 g/mol. The van der Waals surface area contributed by atoms with Crippen LogP contribution in [0.4, 0.5) is 0 Å². The lowest BCUT2D eigenvalue weighted by atomic mass is 9.88. The van der Waals surface area contributed by atoms with Gasteiger partial charge in [0.2, 0.25) is 10.0 Å². The van der Waals surface area contributed by atoms with Crippen molar-refractivity contribution in [3.05, 3.63) is 35.4 Å². The van der Waals surface area contributed by atoms with E-state index in [1.807, 2.05) is 25.1 Å². The normalized spacial score (nSPS) is 19.5. The summed E-state index contributed by atoms with van der Waals surface area (Å²) in [5.74, 6) is 0.238. The smallest absolute Gasteiger partial charge is 0.212 e. The van der Waals surface area contributed by atoms with Gasteiger partial charge in [-0.1, -0.05) is 37.6 Å². The molecular formula is C14H21NO2S. The van der Waals surface area contributed by atoms with Gasteiger partial charge in [-0.2, -0.15) is 0 Å². The largest absolute Gasteiger partial charge is 0.212 e. The minimum Gasteiger partial charge on any atom is -0.212 e. The Bertz CT molecular complexity index is 496. The first-order valence-corrected chi connectivity index (χ1v) is 8.35. The number of sulfonamides is 1. The van der Waals surface area contributed by atoms with Gasteiger partial charge >= 0.3 is 0 Å². The molecule has 3 nitrogen and oxygen atoms in total. The fourth-order valence-corrected chi connectivity index (χ4v) is 3.95. The van der Waals surface area contributed by atoms with Crippen LogP contribution in [0.25, 0.3) is 0 Å². The fraction of sp³-hybridized carbons (Fsp3) is 0.571. The van der Waals surface area contributed by atoms with E-state index in [2.05, 4.69) is 10.8 Å². The maximum atomic E-state index is 12.0. The van der Waals surface area contributed by atoms with E-state index < -0.39 is 10.0 Å². The Kier molecular flexibility index (Phi) is 4.40. The van der Waals surface area contributed by atoms with Crippen molar-refractivity contribution in [2.45, 2.75) is 45.1 Å². The van der Waals surface area contributed by atoms with Crippen LogP contribution in [-0.4, -0.2) is 14.2 Å². The molecule has 100 valence electrons. The van der Waals surface area contributed by atoms with Gasteiger partial charge < -0.3 is 0 Å². The van der Waals surface area contributed by atoms with E-state index in [9.17, 15) is 8.42 Å². The Balaban J connectivity index is 2.12. The molecule has 2 rings (SSSR count). The molecule has 0 saturated heterocycles. The lowest BCUT2D eigenvalue weighted by Gasteiger charge is -2.26. The summed E-state index contributed by atoms with van der Waals surface area (Å²) >= 11 is 0. The fourth-order valence-electron chi connectivity index (χ4n) is 2.49. The van der Waals surface area contributed by atoms with E-state index in [1.165, 1.54) is 5.56 Å². The number of aryl methyl sites for hydroxylation is 1. The molecule has 0 amide bonds. The Morgan fingerprint density at radius 3 is 2.89 bits per heavy atom. The Hall–Kier alpha value is -0.870. The molecule has 0 saturated carbocycles. The molecule has 0 aromatic heterocycles. The van der Waals surface area contributed by atoms with Crippen LogP contribution in [0, 0.1) is 0 Å². The maximum absolute atomic E-state index is 12.0. The second-order valence-electron chi connectivity index (χ2n) is 4.93. The van der Waals surface area contributed by atoms with E-state index in [4.69, 9.17) is 0 Å². The van der Waals surface area contributed by atoms with Gasteiger partial charge in [-0.25, -0.2) is 13.1 Å².